The highest BCUT2D eigenvalue weighted by atomic mass is 15.4. The molecule has 1 saturated heterocycles. The highest BCUT2D eigenvalue weighted by Gasteiger charge is 2.18. The molecular weight excluding hydrogens is 286 g/mol. The summed E-state index contributed by atoms with van der Waals surface area (Å²) >= 11 is 0. The zero-order valence-electron chi connectivity index (χ0n) is 14.0. The highest BCUT2D eigenvalue weighted by molar-refractivity contribution is 5.15. The van der Waals surface area contributed by atoms with Gasteiger partial charge in [-0.1, -0.05) is 42.5 Å². The molecule has 3 rings (SSSR count). The summed E-state index contributed by atoms with van der Waals surface area (Å²) in [4.78, 5) is 2.55. The van der Waals surface area contributed by atoms with Gasteiger partial charge >= 0.3 is 0 Å². The van der Waals surface area contributed by atoms with Crippen LogP contribution >= 0.6 is 0 Å². The highest BCUT2D eigenvalue weighted by Crippen LogP contribution is 2.15. The molecule has 0 amide bonds. The van der Waals surface area contributed by atoms with Crippen LogP contribution < -0.4 is 5.32 Å². The van der Waals surface area contributed by atoms with Crippen molar-refractivity contribution in [1.82, 2.24) is 25.2 Å². The number of rotatable bonds is 7. The lowest BCUT2D eigenvalue weighted by atomic mass is 9.98. The number of likely N-dealkylation sites (tertiary alicyclic amines) is 1. The molecule has 5 heteroatoms. The number of hydrogen-bond donors (Lipinski definition) is 1. The number of hydrogen-bond acceptors (Lipinski definition) is 4. The summed E-state index contributed by atoms with van der Waals surface area (Å²) in [5.41, 5.74) is 2.40. The van der Waals surface area contributed by atoms with E-state index < -0.39 is 0 Å². The van der Waals surface area contributed by atoms with Crippen molar-refractivity contribution in [1.29, 1.82) is 0 Å². The van der Waals surface area contributed by atoms with E-state index in [2.05, 4.69) is 51.7 Å². The van der Waals surface area contributed by atoms with E-state index in [1.165, 1.54) is 38.0 Å². The lowest BCUT2D eigenvalue weighted by Gasteiger charge is -2.31. The molecule has 1 atom stereocenters. The summed E-state index contributed by atoms with van der Waals surface area (Å²) in [5.74, 6) is 0.766. The van der Waals surface area contributed by atoms with Crippen molar-refractivity contribution in [2.75, 3.05) is 26.2 Å². The van der Waals surface area contributed by atoms with Crippen LogP contribution in [0.15, 0.2) is 36.5 Å². The molecule has 5 nitrogen and oxygen atoms in total. The van der Waals surface area contributed by atoms with Crippen LogP contribution in [0, 0.1) is 5.92 Å². The van der Waals surface area contributed by atoms with Crippen LogP contribution in [0.2, 0.25) is 0 Å². The van der Waals surface area contributed by atoms with E-state index in [-0.39, 0.29) is 0 Å². The van der Waals surface area contributed by atoms with E-state index >= 15 is 0 Å². The first-order valence-corrected chi connectivity index (χ1v) is 8.69. The predicted molar refractivity (Wildman–Crippen MR) is 92.1 cm³/mol. The summed E-state index contributed by atoms with van der Waals surface area (Å²) in [5, 5.41) is 11.9. The maximum atomic E-state index is 4.22. The van der Waals surface area contributed by atoms with Gasteiger partial charge in [0.25, 0.3) is 0 Å². The largest absolute Gasteiger partial charge is 0.311 e. The summed E-state index contributed by atoms with van der Waals surface area (Å²) in [6.07, 6.45) is 4.54. The van der Waals surface area contributed by atoms with Crippen LogP contribution in [0.5, 0.6) is 0 Å². The third-order valence-electron chi connectivity index (χ3n) is 4.66. The monoisotopic (exact) mass is 313 g/mol. The second kappa shape index (κ2) is 8.22. The van der Waals surface area contributed by atoms with Gasteiger partial charge in [-0.25, -0.2) is 4.68 Å². The van der Waals surface area contributed by atoms with Gasteiger partial charge in [-0.15, -0.1) is 5.10 Å². The number of benzene rings is 1. The summed E-state index contributed by atoms with van der Waals surface area (Å²) < 4.78 is 1.99. The molecule has 1 fully saturated rings. The number of nitrogens with zero attached hydrogens (tertiary/aromatic N) is 4. The van der Waals surface area contributed by atoms with Crippen LogP contribution in [0.3, 0.4) is 0 Å². The van der Waals surface area contributed by atoms with E-state index in [0.29, 0.717) is 0 Å². The van der Waals surface area contributed by atoms with Crippen molar-refractivity contribution in [3.05, 3.63) is 47.8 Å². The molecule has 1 aliphatic heterocycles. The fraction of sp³-hybridized carbons (Fsp3) is 0.556. The van der Waals surface area contributed by atoms with Crippen molar-refractivity contribution in [2.45, 2.75) is 32.9 Å². The van der Waals surface area contributed by atoms with Gasteiger partial charge in [0.1, 0.15) is 0 Å². The summed E-state index contributed by atoms with van der Waals surface area (Å²) in [7, 11) is 0. The predicted octanol–water partition coefficient (Wildman–Crippen LogP) is 2.15. The van der Waals surface area contributed by atoms with Gasteiger partial charge in [-0.05, 0) is 44.0 Å². The number of nitrogens with one attached hydrogen (secondary N) is 1. The zero-order chi connectivity index (χ0) is 15.9. The molecule has 1 aromatic heterocycles. The van der Waals surface area contributed by atoms with Crippen LogP contribution in [0.1, 0.15) is 31.0 Å². The minimum absolute atomic E-state index is 0.766. The third-order valence-corrected chi connectivity index (χ3v) is 4.66. The molecule has 0 saturated carbocycles. The maximum Gasteiger partial charge on any atom is 0.0738 e. The second-order valence-corrected chi connectivity index (χ2v) is 6.40. The van der Waals surface area contributed by atoms with Crippen LogP contribution in [-0.2, 0) is 13.1 Å². The van der Waals surface area contributed by atoms with Gasteiger partial charge in [-0.2, -0.15) is 0 Å². The van der Waals surface area contributed by atoms with Gasteiger partial charge < -0.3 is 10.2 Å². The molecule has 0 spiro atoms. The zero-order valence-corrected chi connectivity index (χ0v) is 14.0. The maximum absolute atomic E-state index is 4.22. The van der Waals surface area contributed by atoms with E-state index in [1.807, 2.05) is 16.9 Å². The van der Waals surface area contributed by atoms with Crippen molar-refractivity contribution < 1.29 is 0 Å². The summed E-state index contributed by atoms with van der Waals surface area (Å²) in [6.45, 7) is 8.61. The Balaban J connectivity index is 1.48. The molecule has 0 aliphatic carbocycles. The van der Waals surface area contributed by atoms with Crippen LogP contribution in [0.25, 0.3) is 0 Å². The second-order valence-electron chi connectivity index (χ2n) is 6.40. The Labute approximate surface area is 138 Å². The van der Waals surface area contributed by atoms with E-state index in [0.717, 1.165) is 31.2 Å². The lowest BCUT2D eigenvalue weighted by Crippen LogP contribution is -2.39. The molecular formula is C18H27N5. The summed E-state index contributed by atoms with van der Waals surface area (Å²) in [6, 6.07) is 10.4. The fourth-order valence-corrected chi connectivity index (χ4v) is 3.31. The average molecular weight is 313 g/mol. The van der Waals surface area contributed by atoms with Crippen molar-refractivity contribution in [2.24, 2.45) is 5.92 Å². The van der Waals surface area contributed by atoms with Gasteiger partial charge in [-0.3, -0.25) is 0 Å². The molecule has 1 unspecified atom stereocenters. The minimum Gasteiger partial charge on any atom is -0.311 e. The van der Waals surface area contributed by atoms with Crippen molar-refractivity contribution in [3.8, 4) is 0 Å². The minimum atomic E-state index is 0.766. The Morgan fingerprint density at radius 1 is 1.26 bits per heavy atom. The van der Waals surface area contributed by atoms with E-state index in [9.17, 15) is 0 Å². The van der Waals surface area contributed by atoms with Crippen molar-refractivity contribution in [3.63, 3.8) is 0 Å². The Hall–Kier alpha value is -1.72. The molecule has 2 aromatic rings. The fourth-order valence-electron chi connectivity index (χ4n) is 3.31. The molecule has 0 bridgehead atoms. The molecule has 1 aromatic carbocycles. The Morgan fingerprint density at radius 3 is 2.96 bits per heavy atom. The van der Waals surface area contributed by atoms with Crippen molar-refractivity contribution >= 4 is 0 Å². The normalized spacial score (nSPS) is 19.1. The first-order valence-electron chi connectivity index (χ1n) is 8.69. The molecule has 1 aliphatic rings. The standard InChI is InChI=1S/C18H27N5/c1-2-22-10-6-9-17(14-22)11-19-12-18-13-20-21-23(18)15-16-7-4-3-5-8-16/h3-5,7-8,13,17,19H,2,6,9-12,14-15H2,1H3. The van der Waals surface area contributed by atoms with Gasteiger partial charge in [0, 0.05) is 13.1 Å². The molecule has 2 heterocycles. The Kier molecular flexibility index (Phi) is 5.77. The van der Waals surface area contributed by atoms with Gasteiger partial charge in [0.15, 0.2) is 0 Å². The first-order chi connectivity index (χ1) is 11.3. The number of piperidine rings is 1. The van der Waals surface area contributed by atoms with Gasteiger partial charge in [0.2, 0.25) is 0 Å². The van der Waals surface area contributed by atoms with E-state index in [4.69, 9.17) is 0 Å². The molecule has 23 heavy (non-hydrogen) atoms. The Morgan fingerprint density at radius 2 is 2.13 bits per heavy atom. The quantitative estimate of drug-likeness (QED) is 0.851. The topological polar surface area (TPSA) is 46.0 Å². The first kappa shape index (κ1) is 16.1. The Bertz CT molecular complexity index is 580. The van der Waals surface area contributed by atoms with Crippen LogP contribution in [0.4, 0.5) is 0 Å². The smallest absolute Gasteiger partial charge is 0.0738 e. The molecule has 1 N–H and O–H groups in total. The van der Waals surface area contributed by atoms with Crippen LogP contribution in [-0.4, -0.2) is 46.1 Å². The SMILES string of the molecule is CCN1CCCC(CNCc2cnnn2Cc2ccccc2)C1. The average Bonchev–Trinajstić information content (AvgIpc) is 3.03. The third kappa shape index (κ3) is 4.62. The van der Waals surface area contributed by atoms with Gasteiger partial charge in [0.05, 0.1) is 18.4 Å². The molecule has 0 radical (unpaired) electrons. The van der Waals surface area contributed by atoms with E-state index in [1.54, 1.807) is 0 Å². The molecule has 124 valence electrons. The lowest BCUT2D eigenvalue weighted by molar-refractivity contribution is 0.180. The number of aromatic nitrogens is 3.